The van der Waals surface area contributed by atoms with E-state index in [4.69, 9.17) is 5.73 Å². The number of nitrogens with zero attached hydrogens (tertiary/aromatic N) is 2. The first-order valence-corrected chi connectivity index (χ1v) is 14.8. The average molecular weight is 604 g/mol. The van der Waals surface area contributed by atoms with Crippen molar-refractivity contribution in [3.05, 3.63) is 0 Å². The van der Waals surface area contributed by atoms with Crippen molar-refractivity contribution in [3.8, 4) is 0 Å². The van der Waals surface area contributed by atoms with Crippen LogP contribution in [0.15, 0.2) is 0 Å². The fourth-order valence-corrected chi connectivity index (χ4v) is 5.84. The molecule has 0 aromatic heterocycles. The number of amides is 5. The van der Waals surface area contributed by atoms with E-state index in [1.54, 1.807) is 27.7 Å². The van der Waals surface area contributed by atoms with Crippen molar-refractivity contribution in [2.75, 3.05) is 6.54 Å². The van der Waals surface area contributed by atoms with Crippen LogP contribution in [0.25, 0.3) is 0 Å². The van der Waals surface area contributed by atoms with Crippen LogP contribution in [0.5, 0.6) is 0 Å². The molecule has 0 aromatic carbocycles. The Bertz CT molecular complexity index is 1050. The van der Waals surface area contributed by atoms with E-state index < -0.39 is 89.2 Å². The van der Waals surface area contributed by atoms with Crippen molar-refractivity contribution in [2.24, 2.45) is 28.9 Å². The quantitative estimate of drug-likeness (QED) is 0.217. The van der Waals surface area contributed by atoms with E-state index in [0.717, 1.165) is 6.42 Å². The molecule has 10 nitrogen and oxygen atoms in total. The van der Waals surface area contributed by atoms with Crippen molar-refractivity contribution in [3.63, 3.8) is 0 Å². The van der Waals surface area contributed by atoms with E-state index in [1.165, 1.54) is 4.90 Å². The minimum absolute atomic E-state index is 0.0689. The van der Waals surface area contributed by atoms with E-state index in [2.05, 4.69) is 10.6 Å². The van der Waals surface area contributed by atoms with Gasteiger partial charge in [0.15, 0.2) is 0 Å². The molecule has 2 rings (SSSR count). The minimum Gasteiger partial charge on any atom is -0.363 e. The molecule has 1 saturated carbocycles. The second kappa shape index (κ2) is 13.2. The standard InChI is InChI=1S/C29H48F3N5O5/c1-9-12-28(8,10-2)35-26(42)37(32)22(27(5,6)7)25(41)36-13-11-18(16(3)4)20(36)24(40)34-19(21(38)23(33)39)14-17-15-29(17,30)31/h16-20,22H,9-15H2,1-8H3,(H2,33,39)(H,34,40)(H,35,42). The Morgan fingerprint density at radius 1 is 1.10 bits per heavy atom. The van der Waals surface area contributed by atoms with Crippen LogP contribution in [0.1, 0.15) is 93.9 Å². The number of likely N-dealkylation sites (tertiary alicyclic amines) is 1. The number of carbonyl (C=O) groups is 5. The van der Waals surface area contributed by atoms with Gasteiger partial charge in [-0.2, -0.15) is 0 Å². The Kier molecular flexibility index (Phi) is 11.1. The SMILES string of the molecule is CCCC(C)(CC)NC(=O)N(F)C(C(=O)N1CCC(C(C)C)C1C(=O)NC(CC1CC1(F)F)C(=O)C(N)=O)C(C)(C)C. The first-order valence-electron chi connectivity index (χ1n) is 14.8. The molecule has 42 heavy (non-hydrogen) atoms. The summed E-state index contributed by atoms with van der Waals surface area (Å²) in [6, 6.07) is -5.46. The Labute approximate surface area is 246 Å². The molecule has 2 fully saturated rings. The highest BCUT2D eigenvalue weighted by atomic mass is 19.3. The molecule has 1 aliphatic carbocycles. The molecule has 4 N–H and O–H groups in total. The average Bonchev–Trinajstić information content (AvgIpc) is 3.25. The fraction of sp³-hybridized carbons (Fsp3) is 0.828. The topological polar surface area (TPSA) is 142 Å². The van der Waals surface area contributed by atoms with Gasteiger partial charge in [-0.3, -0.25) is 19.2 Å². The third kappa shape index (κ3) is 8.15. The monoisotopic (exact) mass is 603 g/mol. The number of carbonyl (C=O) groups excluding carboxylic acids is 5. The largest absolute Gasteiger partial charge is 0.363 e. The number of nitrogens with one attached hydrogen (secondary N) is 2. The van der Waals surface area contributed by atoms with Gasteiger partial charge in [-0.15, -0.1) is 5.12 Å². The predicted molar refractivity (Wildman–Crippen MR) is 151 cm³/mol. The molecular weight excluding hydrogens is 555 g/mol. The van der Waals surface area contributed by atoms with Gasteiger partial charge in [-0.1, -0.05) is 59.4 Å². The van der Waals surface area contributed by atoms with Gasteiger partial charge in [0, 0.05) is 24.4 Å². The number of nitrogens with two attached hydrogens (primary N) is 1. The van der Waals surface area contributed by atoms with Crippen LogP contribution in [0, 0.1) is 23.2 Å². The number of hydrogen-bond acceptors (Lipinski definition) is 5. The molecule has 0 bridgehead atoms. The number of urea groups is 1. The van der Waals surface area contributed by atoms with Gasteiger partial charge >= 0.3 is 6.03 Å². The molecule has 13 heteroatoms. The minimum atomic E-state index is -3.01. The summed E-state index contributed by atoms with van der Waals surface area (Å²) in [5.41, 5.74) is 3.34. The van der Waals surface area contributed by atoms with Gasteiger partial charge in [0.2, 0.25) is 17.6 Å². The molecule has 6 atom stereocenters. The molecule has 6 unspecified atom stereocenters. The molecule has 1 heterocycles. The maximum absolute atomic E-state index is 15.9. The smallest absolute Gasteiger partial charge is 0.346 e. The number of ketones is 1. The maximum Gasteiger partial charge on any atom is 0.346 e. The third-order valence-corrected chi connectivity index (χ3v) is 8.67. The third-order valence-electron chi connectivity index (χ3n) is 8.67. The van der Waals surface area contributed by atoms with Crippen molar-refractivity contribution in [1.29, 1.82) is 0 Å². The first-order chi connectivity index (χ1) is 19.2. The number of halogens is 3. The van der Waals surface area contributed by atoms with Gasteiger partial charge < -0.3 is 21.3 Å². The van der Waals surface area contributed by atoms with E-state index >= 15 is 4.48 Å². The molecule has 1 saturated heterocycles. The second-order valence-corrected chi connectivity index (χ2v) is 13.5. The van der Waals surface area contributed by atoms with E-state index in [9.17, 15) is 32.8 Å². The predicted octanol–water partition coefficient (Wildman–Crippen LogP) is 3.72. The van der Waals surface area contributed by atoms with Crippen LogP contribution in [0.3, 0.4) is 0 Å². The van der Waals surface area contributed by atoms with Gasteiger partial charge in [0.05, 0.1) is 6.04 Å². The summed E-state index contributed by atoms with van der Waals surface area (Å²) in [5.74, 6) is -8.97. The zero-order chi connectivity index (χ0) is 32.4. The lowest BCUT2D eigenvalue weighted by molar-refractivity contribution is -0.152. The van der Waals surface area contributed by atoms with Crippen molar-refractivity contribution in [2.45, 2.75) is 124 Å². The summed E-state index contributed by atoms with van der Waals surface area (Å²) in [6.45, 7) is 14.2. The van der Waals surface area contributed by atoms with Crippen molar-refractivity contribution >= 4 is 29.5 Å². The van der Waals surface area contributed by atoms with Crippen LogP contribution in [0.2, 0.25) is 0 Å². The zero-order valence-corrected chi connectivity index (χ0v) is 26.1. The Balaban J connectivity index is 2.39. The Hall–Kier alpha value is -2.86. The van der Waals surface area contributed by atoms with Crippen molar-refractivity contribution in [1.82, 2.24) is 20.7 Å². The first kappa shape index (κ1) is 35.3. The molecule has 240 valence electrons. The Morgan fingerprint density at radius 2 is 1.67 bits per heavy atom. The summed E-state index contributed by atoms with van der Waals surface area (Å²) < 4.78 is 43.2. The maximum atomic E-state index is 15.9. The van der Waals surface area contributed by atoms with Gasteiger partial charge in [-0.05, 0) is 49.9 Å². The van der Waals surface area contributed by atoms with Gasteiger partial charge in [-0.25, -0.2) is 13.6 Å². The molecule has 1 aliphatic heterocycles. The summed E-state index contributed by atoms with van der Waals surface area (Å²) in [6.07, 6.45) is 1.29. The molecule has 0 radical (unpaired) electrons. The summed E-state index contributed by atoms with van der Waals surface area (Å²) >= 11 is 0. The van der Waals surface area contributed by atoms with E-state index in [0.29, 0.717) is 19.3 Å². The summed E-state index contributed by atoms with van der Waals surface area (Å²) in [4.78, 5) is 66.1. The number of hydrogen-bond donors (Lipinski definition) is 3. The van der Waals surface area contributed by atoms with Crippen LogP contribution >= 0.6 is 0 Å². The van der Waals surface area contributed by atoms with Crippen LogP contribution < -0.4 is 16.4 Å². The van der Waals surface area contributed by atoms with Crippen LogP contribution in [-0.4, -0.2) is 75.7 Å². The lowest BCUT2D eigenvalue weighted by atomic mass is 9.84. The summed E-state index contributed by atoms with van der Waals surface area (Å²) in [5, 5.41) is 4.99. The lowest BCUT2D eigenvalue weighted by Gasteiger charge is -2.39. The zero-order valence-electron chi connectivity index (χ0n) is 26.1. The highest BCUT2D eigenvalue weighted by molar-refractivity contribution is 6.37. The molecule has 2 aliphatic rings. The highest BCUT2D eigenvalue weighted by Gasteiger charge is 2.58. The normalized spacial score (nSPS) is 24.4. The number of rotatable bonds is 13. The lowest BCUT2D eigenvalue weighted by Crippen LogP contribution is -2.61. The number of Topliss-reactive ketones (excluding diaryl/α,β-unsaturated/α-hetero) is 1. The van der Waals surface area contributed by atoms with Crippen LogP contribution in [0.4, 0.5) is 18.1 Å². The summed E-state index contributed by atoms with van der Waals surface area (Å²) in [7, 11) is 0. The number of alkyl halides is 2. The van der Waals surface area contributed by atoms with Gasteiger partial charge in [0.25, 0.3) is 11.8 Å². The fourth-order valence-electron chi connectivity index (χ4n) is 5.84. The molecule has 5 amide bonds. The van der Waals surface area contributed by atoms with Crippen LogP contribution in [-0.2, 0) is 19.2 Å². The van der Waals surface area contributed by atoms with Gasteiger partial charge in [0.1, 0.15) is 12.1 Å². The van der Waals surface area contributed by atoms with E-state index in [-0.39, 0.29) is 17.6 Å². The Morgan fingerprint density at radius 3 is 2.10 bits per heavy atom. The van der Waals surface area contributed by atoms with E-state index in [1.807, 2.05) is 27.7 Å². The highest BCUT2D eigenvalue weighted by Crippen LogP contribution is 2.51. The number of primary amides is 1. The molecule has 0 aromatic rings. The molecular formula is C29H48F3N5O5. The van der Waals surface area contributed by atoms with Crippen molar-refractivity contribution < 1.29 is 37.2 Å². The molecule has 0 spiro atoms. The second-order valence-electron chi connectivity index (χ2n) is 13.5.